The first-order valence-corrected chi connectivity index (χ1v) is 9.82. The van der Waals surface area contributed by atoms with Crippen LogP contribution in [0.2, 0.25) is 5.15 Å². The zero-order valence-electron chi connectivity index (χ0n) is 15.3. The third-order valence-electron chi connectivity index (χ3n) is 4.45. The fourth-order valence-electron chi connectivity index (χ4n) is 2.99. The zero-order chi connectivity index (χ0) is 20.5. The third-order valence-corrected chi connectivity index (χ3v) is 5.69. The van der Waals surface area contributed by atoms with E-state index in [1.165, 1.54) is 13.2 Å². The van der Waals surface area contributed by atoms with Crippen LogP contribution in [-0.2, 0) is 11.3 Å². The first-order chi connectivity index (χ1) is 14.0. The lowest BCUT2D eigenvalue weighted by molar-refractivity contribution is -0.123. The third kappa shape index (κ3) is 3.79. The average molecular weight is 427 g/mol. The molecule has 0 atom stereocenters. The topological polar surface area (TPSA) is 79.7 Å². The monoisotopic (exact) mass is 426 g/mol. The van der Waals surface area contributed by atoms with Crippen molar-refractivity contribution in [3.63, 3.8) is 0 Å². The molecule has 1 aromatic heterocycles. The number of hydrogen-bond donors (Lipinski definition) is 1. The van der Waals surface area contributed by atoms with Crippen LogP contribution in [0.5, 0.6) is 11.5 Å². The predicted molar refractivity (Wildman–Crippen MR) is 113 cm³/mol. The van der Waals surface area contributed by atoms with E-state index in [1.54, 1.807) is 18.2 Å². The number of rotatable bonds is 4. The molecule has 0 saturated carbocycles. The van der Waals surface area contributed by atoms with Gasteiger partial charge in [0.15, 0.2) is 11.5 Å². The standard InChI is InChI=1S/C21H15ClN2O4S/c1-28-17-8-12(6-7-16(17)25)9-18-20(26)24(21(27)29-18)11-14-10-13-4-2-3-5-15(13)23-19(14)22/h2-10,25H,11H2,1H3. The number of carbonyl (C=O) groups excluding carboxylic acids is 2. The number of aromatic nitrogens is 1. The Hall–Kier alpha value is -3.03. The van der Waals surface area contributed by atoms with Crippen LogP contribution in [0.1, 0.15) is 11.1 Å². The number of phenolic OH excluding ortho intramolecular Hbond substituents is 1. The van der Waals surface area contributed by atoms with Crippen molar-refractivity contribution in [1.29, 1.82) is 0 Å². The van der Waals surface area contributed by atoms with Gasteiger partial charge in [0.05, 0.1) is 24.1 Å². The van der Waals surface area contributed by atoms with E-state index in [-0.39, 0.29) is 33.3 Å². The molecule has 1 N–H and O–H groups in total. The molecule has 8 heteroatoms. The number of methoxy groups -OCH3 is 1. The number of pyridine rings is 1. The Morgan fingerprint density at radius 3 is 2.79 bits per heavy atom. The summed E-state index contributed by atoms with van der Waals surface area (Å²) in [6.45, 7) is 0.0393. The highest BCUT2D eigenvalue weighted by atomic mass is 35.5. The molecule has 1 aliphatic rings. The maximum Gasteiger partial charge on any atom is 0.293 e. The molecule has 3 aromatic rings. The normalized spacial score (nSPS) is 15.5. The lowest BCUT2D eigenvalue weighted by atomic mass is 10.1. The number of imide groups is 1. The minimum atomic E-state index is -0.406. The summed E-state index contributed by atoms with van der Waals surface area (Å²) in [6, 6.07) is 14.0. The molecular formula is C21H15ClN2O4S. The van der Waals surface area contributed by atoms with Crippen molar-refractivity contribution in [2.45, 2.75) is 6.54 Å². The number of phenols is 1. The number of ether oxygens (including phenoxy) is 1. The van der Waals surface area contributed by atoms with Crippen LogP contribution in [0, 0.1) is 0 Å². The zero-order valence-corrected chi connectivity index (χ0v) is 16.8. The molecule has 2 amide bonds. The van der Waals surface area contributed by atoms with E-state index >= 15 is 0 Å². The van der Waals surface area contributed by atoms with Crippen molar-refractivity contribution in [2.75, 3.05) is 7.11 Å². The predicted octanol–water partition coefficient (Wildman–Crippen LogP) is 4.84. The lowest BCUT2D eigenvalue weighted by Crippen LogP contribution is -2.27. The Morgan fingerprint density at radius 1 is 1.21 bits per heavy atom. The SMILES string of the molecule is COc1cc(C=C2SC(=O)N(Cc3cc4ccccc4nc3Cl)C2=O)ccc1O. The van der Waals surface area contributed by atoms with Crippen molar-refractivity contribution >= 4 is 51.5 Å². The second kappa shape index (κ2) is 7.77. The van der Waals surface area contributed by atoms with Gasteiger partial charge in [0, 0.05) is 10.9 Å². The van der Waals surface area contributed by atoms with Gasteiger partial charge in [0.1, 0.15) is 5.15 Å². The van der Waals surface area contributed by atoms with Crippen molar-refractivity contribution < 1.29 is 19.4 Å². The summed E-state index contributed by atoms with van der Waals surface area (Å²) in [7, 11) is 1.44. The van der Waals surface area contributed by atoms with Crippen LogP contribution < -0.4 is 4.74 Å². The molecule has 1 aliphatic heterocycles. The molecule has 0 bridgehead atoms. The van der Waals surface area contributed by atoms with Crippen LogP contribution in [-0.4, -0.2) is 33.2 Å². The van der Waals surface area contributed by atoms with E-state index in [1.807, 2.05) is 30.3 Å². The molecule has 6 nitrogen and oxygen atoms in total. The van der Waals surface area contributed by atoms with Crippen molar-refractivity contribution in [3.8, 4) is 11.5 Å². The highest BCUT2D eigenvalue weighted by Crippen LogP contribution is 2.35. The molecule has 0 radical (unpaired) electrons. The first kappa shape index (κ1) is 19.3. The van der Waals surface area contributed by atoms with Crippen molar-refractivity contribution in [1.82, 2.24) is 9.88 Å². The minimum absolute atomic E-state index is 0.00352. The molecule has 0 aliphatic carbocycles. The number of para-hydroxylation sites is 1. The van der Waals surface area contributed by atoms with Gasteiger partial charge < -0.3 is 9.84 Å². The molecule has 0 unspecified atom stereocenters. The van der Waals surface area contributed by atoms with E-state index in [4.69, 9.17) is 16.3 Å². The molecule has 2 heterocycles. The number of benzene rings is 2. The number of thioether (sulfide) groups is 1. The summed E-state index contributed by atoms with van der Waals surface area (Å²) < 4.78 is 5.08. The van der Waals surface area contributed by atoms with E-state index < -0.39 is 5.91 Å². The molecular weight excluding hydrogens is 412 g/mol. The van der Waals surface area contributed by atoms with Gasteiger partial charge in [-0.2, -0.15) is 0 Å². The van der Waals surface area contributed by atoms with Crippen LogP contribution in [0.15, 0.2) is 53.4 Å². The van der Waals surface area contributed by atoms with Crippen molar-refractivity contribution in [2.24, 2.45) is 0 Å². The summed E-state index contributed by atoms with van der Waals surface area (Å²) in [5, 5.41) is 10.5. The van der Waals surface area contributed by atoms with Crippen LogP contribution in [0.25, 0.3) is 17.0 Å². The van der Waals surface area contributed by atoms with Crippen LogP contribution in [0.3, 0.4) is 0 Å². The number of nitrogens with zero attached hydrogens (tertiary/aromatic N) is 2. The molecule has 146 valence electrons. The molecule has 4 rings (SSSR count). The molecule has 1 saturated heterocycles. The van der Waals surface area contributed by atoms with E-state index in [2.05, 4.69) is 4.98 Å². The number of hydrogen-bond acceptors (Lipinski definition) is 6. The number of carbonyl (C=O) groups is 2. The molecule has 2 aromatic carbocycles. The molecule has 0 spiro atoms. The minimum Gasteiger partial charge on any atom is -0.504 e. The fourth-order valence-corrected chi connectivity index (χ4v) is 4.03. The fraction of sp³-hybridized carbons (Fsp3) is 0.0952. The van der Waals surface area contributed by atoms with E-state index in [0.717, 1.165) is 27.6 Å². The maximum absolute atomic E-state index is 12.8. The largest absolute Gasteiger partial charge is 0.504 e. The van der Waals surface area contributed by atoms with Gasteiger partial charge in [-0.1, -0.05) is 35.9 Å². The number of amides is 2. The van der Waals surface area contributed by atoms with Gasteiger partial charge in [0.25, 0.3) is 11.1 Å². The van der Waals surface area contributed by atoms with Gasteiger partial charge in [0.2, 0.25) is 0 Å². The molecule has 1 fully saturated rings. The second-order valence-electron chi connectivity index (χ2n) is 6.33. The Balaban J connectivity index is 1.61. The Kier molecular flexibility index (Phi) is 5.17. The lowest BCUT2D eigenvalue weighted by Gasteiger charge is -2.14. The summed E-state index contributed by atoms with van der Waals surface area (Å²) in [5.74, 6) is -0.125. The smallest absolute Gasteiger partial charge is 0.293 e. The van der Waals surface area contributed by atoms with Gasteiger partial charge in [-0.3, -0.25) is 14.5 Å². The summed E-state index contributed by atoms with van der Waals surface area (Å²) in [4.78, 5) is 31.0. The van der Waals surface area contributed by atoms with Crippen LogP contribution >= 0.6 is 23.4 Å². The number of halogens is 1. The highest BCUT2D eigenvalue weighted by molar-refractivity contribution is 8.18. The van der Waals surface area contributed by atoms with Gasteiger partial charge in [-0.05, 0) is 47.7 Å². The Bertz CT molecular complexity index is 1180. The van der Waals surface area contributed by atoms with E-state index in [9.17, 15) is 14.7 Å². The number of fused-ring (bicyclic) bond motifs is 1. The Morgan fingerprint density at radius 2 is 2.00 bits per heavy atom. The highest BCUT2D eigenvalue weighted by Gasteiger charge is 2.35. The van der Waals surface area contributed by atoms with Crippen LogP contribution in [0.4, 0.5) is 4.79 Å². The second-order valence-corrected chi connectivity index (χ2v) is 7.68. The average Bonchev–Trinajstić information content (AvgIpc) is 2.97. The van der Waals surface area contributed by atoms with Gasteiger partial charge in [-0.25, -0.2) is 4.98 Å². The molecule has 29 heavy (non-hydrogen) atoms. The number of aromatic hydroxyl groups is 1. The van der Waals surface area contributed by atoms with Gasteiger partial charge >= 0.3 is 0 Å². The maximum atomic E-state index is 12.8. The van der Waals surface area contributed by atoms with Crippen molar-refractivity contribution in [3.05, 3.63) is 69.7 Å². The quantitative estimate of drug-likeness (QED) is 0.475. The first-order valence-electron chi connectivity index (χ1n) is 8.63. The Labute approximate surface area is 175 Å². The summed E-state index contributed by atoms with van der Waals surface area (Å²) in [5.41, 5.74) is 1.98. The summed E-state index contributed by atoms with van der Waals surface area (Å²) in [6.07, 6.45) is 1.59. The summed E-state index contributed by atoms with van der Waals surface area (Å²) >= 11 is 7.13. The van der Waals surface area contributed by atoms with Gasteiger partial charge in [-0.15, -0.1) is 0 Å². The van der Waals surface area contributed by atoms with E-state index in [0.29, 0.717) is 11.1 Å².